The molecule has 2 heterocycles. The van der Waals surface area contributed by atoms with Gasteiger partial charge in [0.2, 0.25) is 5.91 Å². The number of carbonyl (C=O) groups is 1. The van der Waals surface area contributed by atoms with Crippen molar-refractivity contribution in [2.75, 3.05) is 13.7 Å². The molecule has 2 aromatic heterocycles. The topological polar surface area (TPSA) is 91.0 Å². The maximum atomic E-state index is 13.4. The van der Waals surface area contributed by atoms with Crippen molar-refractivity contribution < 1.29 is 13.9 Å². The normalized spacial score (nSPS) is 11.0. The Morgan fingerprint density at radius 2 is 1.97 bits per heavy atom. The summed E-state index contributed by atoms with van der Waals surface area (Å²) in [7, 11) is 1.61. The molecule has 0 saturated carbocycles. The van der Waals surface area contributed by atoms with Gasteiger partial charge >= 0.3 is 0 Å². The first-order valence-corrected chi connectivity index (χ1v) is 10.6. The largest absolute Gasteiger partial charge is 0.497 e. The number of ether oxygens (including phenoxy) is 1. The summed E-state index contributed by atoms with van der Waals surface area (Å²) < 4.78 is 21.6. The molecule has 0 fully saturated rings. The van der Waals surface area contributed by atoms with E-state index >= 15 is 0 Å². The second-order valence-corrected chi connectivity index (χ2v) is 7.61. The predicted molar refractivity (Wildman–Crippen MR) is 122 cm³/mol. The van der Waals surface area contributed by atoms with Gasteiger partial charge in [-0.2, -0.15) is 5.10 Å². The number of methoxy groups -OCH3 is 1. The summed E-state index contributed by atoms with van der Waals surface area (Å²) >= 11 is 0. The molecule has 0 aliphatic heterocycles. The minimum absolute atomic E-state index is 0.0623. The zero-order valence-corrected chi connectivity index (χ0v) is 18.2. The van der Waals surface area contributed by atoms with Crippen molar-refractivity contribution in [1.29, 1.82) is 0 Å². The van der Waals surface area contributed by atoms with Gasteiger partial charge in [-0.3, -0.25) is 14.2 Å². The smallest absolute Gasteiger partial charge is 0.264 e. The number of fused-ring (bicyclic) bond motifs is 1. The van der Waals surface area contributed by atoms with Crippen LogP contribution in [0.3, 0.4) is 0 Å². The number of hydrogen-bond donors (Lipinski definition) is 1. The number of aryl methyl sites for hydroxylation is 1. The Bertz CT molecular complexity index is 1310. The molecule has 0 aliphatic carbocycles. The van der Waals surface area contributed by atoms with Crippen molar-refractivity contribution in [2.24, 2.45) is 0 Å². The summed E-state index contributed by atoms with van der Waals surface area (Å²) in [5.74, 6) is 0.366. The molecule has 0 radical (unpaired) electrons. The summed E-state index contributed by atoms with van der Waals surface area (Å²) in [6.07, 6.45) is 3.90. The van der Waals surface area contributed by atoms with Crippen molar-refractivity contribution >= 4 is 16.9 Å². The summed E-state index contributed by atoms with van der Waals surface area (Å²) in [4.78, 5) is 29.3. The number of aromatic nitrogens is 4. The molecule has 0 saturated heterocycles. The molecule has 33 heavy (non-hydrogen) atoms. The quantitative estimate of drug-likeness (QED) is 0.424. The number of amides is 1. The second kappa shape index (κ2) is 10.1. The summed E-state index contributed by atoms with van der Waals surface area (Å²) in [5.41, 5.74) is 1.92. The molecule has 0 spiro atoms. The van der Waals surface area contributed by atoms with Crippen LogP contribution < -0.4 is 15.6 Å². The molecule has 4 aromatic rings. The van der Waals surface area contributed by atoms with Gasteiger partial charge in [-0.15, -0.1) is 0 Å². The van der Waals surface area contributed by atoms with Crippen LogP contribution >= 0.6 is 0 Å². The van der Waals surface area contributed by atoms with E-state index in [1.54, 1.807) is 23.9 Å². The fourth-order valence-corrected chi connectivity index (χ4v) is 3.55. The van der Waals surface area contributed by atoms with Gasteiger partial charge in [0.05, 0.1) is 26.4 Å². The van der Waals surface area contributed by atoms with E-state index in [4.69, 9.17) is 4.74 Å². The molecule has 2 aromatic carbocycles. The lowest BCUT2D eigenvalue weighted by Gasteiger charge is -2.08. The van der Waals surface area contributed by atoms with E-state index in [0.717, 1.165) is 11.3 Å². The van der Waals surface area contributed by atoms with E-state index in [2.05, 4.69) is 15.4 Å². The molecule has 0 bridgehead atoms. The van der Waals surface area contributed by atoms with Gasteiger partial charge in [0, 0.05) is 13.0 Å². The lowest BCUT2D eigenvalue weighted by Crippen LogP contribution is -2.28. The summed E-state index contributed by atoms with van der Waals surface area (Å²) in [6, 6.07) is 13.7. The Hall–Kier alpha value is -4.01. The molecule has 1 amide bonds. The second-order valence-electron chi connectivity index (χ2n) is 7.61. The third-order valence-electron chi connectivity index (χ3n) is 5.31. The highest BCUT2D eigenvalue weighted by atomic mass is 19.1. The van der Waals surface area contributed by atoms with Crippen molar-refractivity contribution in [3.8, 4) is 5.75 Å². The first-order valence-electron chi connectivity index (χ1n) is 10.6. The van der Waals surface area contributed by atoms with Gasteiger partial charge in [0.15, 0.2) is 5.65 Å². The van der Waals surface area contributed by atoms with E-state index in [9.17, 15) is 14.0 Å². The Kier molecular flexibility index (Phi) is 6.77. The average Bonchev–Trinajstić information content (AvgIpc) is 3.23. The lowest BCUT2D eigenvalue weighted by molar-refractivity contribution is -0.121. The minimum Gasteiger partial charge on any atom is -0.497 e. The fourth-order valence-electron chi connectivity index (χ4n) is 3.55. The number of nitrogens with one attached hydrogen (secondary N) is 1. The first-order chi connectivity index (χ1) is 16.0. The molecule has 0 atom stereocenters. The lowest BCUT2D eigenvalue weighted by atomic mass is 10.1. The van der Waals surface area contributed by atoms with Crippen LogP contribution in [0.1, 0.15) is 17.5 Å². The van der Waals surface area contributed by atoms with Gasteiger partial charge < -0.3 is 10.1 Å². The Labute approximate surface area is 189 Å². The van der Waals surface area contributed by atoms with Crippen LogP contribution in [0.5, 0.6) is 5.75 Å². The van der Waals surface area contributed by atoms with Crippen molar-refractivity contribution in [1.82, 2.24) is 24.6 Å². The van der Waals surface area contributed by atoms with Crippen LogP contribution in [0.4, 0.5) is 4.39 Å². The zero-order valence-electron chi connectivity index (χ0n) is 18.2. The molecule has 0 unspecified atom stereocenters. The summed E-state index contributed by atoms with van der Waals surface area (Å²) in [5, 5.41) is 7.49. The van der Waals surface area contributed by atoms with E-state index in [-0.39, 0.29) is 23.8 Å². The van der Waals surface area contributed by atoms with Crippen molar-refractivity contribution in [3.63, 3.8) is 0 Å². The number of halogens is 1. The zero-order chi connectivity index (χ0) is 23.2. The number of hydrogen-bond acceptors (Lipinski definition) is 5. The Balaban J connectivity index is 1.32. The van der Waals surface area contributed by atoms with Gasteiger partial charge in [-0.25, -0.2) is 14.1 Å². The van der Waals surface area contributed by atoms with E-state index in [1.165, 1.54) is 29.2 Å². The first kappa shape index (κ1) is 22.2. The maximum Gasteiger partial charge on any atom is 0.264 e. The van der Waals surface area contributed by atoms with Gasteiger partial charge in [0.25, 0.3) is 5.56 Å². The summed E-state index contributed by atoms with van der Waals surface area (Å²) in [6.45, 7) is 0.972. The SMILES string of the molecule is COc1ccc(CCC(=O)NCCn2ncc3c(=O)n(Cc4cccc(F)c4)cnc32)cc1. The van der Waals surface area contributed by atoms with Gasteiger partial charge in [-0.1, -0.05) is 24.3 Å². The Morgan fingerprint density at radius 1 is 1.15 bits per heavy atom. The fraction of sp³-hybridized carbons (Fsp3) is 0.250. The molecule has 4 rings (SSSR count). The Morgan fingerprint density at radius 3 is 2.73 bits per heavy atom. The third-order valence-corrected chi connectivity index (χ3v) is 5.31. The highest BCUT2D eigenvalue weighted by Gasteiger charge is 2.11. The molecule has 0 aliphatic rings. The third kappa shape index (κ3) is 5.43. The minimum atomic E-state index is -0.353. The maximum absolute atomic E-state index is 13.4. The monoisotopic (exact) mass is 449 g/mol. The molecular formula is C24H24FN5O3. The number of carbonyl (C=O) groups excluding carboxylic acids is 1. The average molecular weight is 449 g/mol. The van der Waals surface area contributed by atoms with Crippen LogP contribution in [0.2, 0.25) is 0 Å². The van der Waals surface area contributed by atoms with E-state index < -0.39 is 0 Å². The molecule has 170 valence electrons. The van der Waals surface area contributed by atoms with E-state index in [0.29, 0.717) is 42.5 Å². The van der Waals surface area contributed by atoms with Gasteiger partial charge in [0.1, 0.15) is 23.3 Å². The van der Waals surface area contributed by atoms with Crippen LogP contribution in [0.15, 0.2) is 65.8 Å². The number of rotatable bonds is 9. The van der Waals surface area contributed by atoms with Crippen LogP contribution in [-0.2, 0) is 24.3 Å². The highest BCUT2D eigenvalue weighted by molar-refractivity contribution is 5.76. The molecule has 9 heteroatoms. The van der Waals surface area contributed by atoms with Crippen LogP contribution in [0.25, 0.3) is 11.0 Å². The van der Waals surface area contributed by atoms with Crippen LogP contribution in [0, 0.1) is 5.82 Å². The van der Waals surface area contributed by atoms with Crippen molar-refractivity contribution in [3.05, 3.63) is 88.4 Å². The number of nitrogens with zero attached hydrogens (tertiary/aromatic N) is 4. The van der Waals surface area contributed by atoms with Gasteiger partial charge in [-0.05, 0) is 41.8 Å². The highest BCUT2D eigenvalue weighted by Crippen LogP contribution is 2.12. The predicted octanol–water partition coefficient (Wildman–Crippen LogP) is 2.54. The van der Waals surface area contributed by atoms with E-state index in [1.807, 2.05) is 24.3 Å². The molecular weight excluding hydrogens is 425 g/mol. The molecule has 1 N–H and O–H groups in total. The van der Waals surface area contributed by atoms with Crippen molar-refractivity contribution in [2.45, 2.75) is 25.9 Å². The van der Waals surface area contributed by atoms with Crippen LogP contribution in [-0.4, -0.2) is 38.9 Å². The number of benzene rings is 2. The molecule has 8 nitrogen and oxygen atoms in total. The standard InChI is InChI=1S/C24H24FN5O3/c1-33-20-8-5-17(6-9-20)7-10-22(31)26-11-12-30-23-21(14-28-30)24(32)29(16-27-23)15-18-3-2-4-19(25)13-18/h2-6,8-9,13-14,16H,7,10-12,15H2,1H3,(H,26,31).